The number of hydrogen-bond acceptors (Lipinski definition) is 5. The largest absolute Gasteiger partial charge is 0.503 e. The zero-order chi connectivity index (χ0) is 23.7. The molecule has 0 spiro atoms. The molecule has 9 nitrogen and oxygen atoms in total. The predicted molar refractivity (Wildman–Crippen MR) is 113 cm³/mol. The van der Waals surface area contributed by atoms with Gasteiger partial charge in [-0.25, -0.2) is 4.39 Å². The molecule has 0 bridgehead atoms. The third-order valence-corrected chi connectivity index (χ3v) is 5.61. The number of pyridine rings is 1. The third kappa shape index (κ3) is 4.20. The summed E-state index contributed by atoms with van der Waals surface area (Å²) in [5.41, 5.74) is -0.116. The van der Waals surface area contributed by atoms with Crippen molar-refractivity contribution in [1.29, 1.82) is 0 Å². The van der Waals surface area contributed by atoms with Crippen molar-refractivity contribution in [3.05, 3.63) is 63.3 Å². The highest BCUT2D eigenvalue weighted by Gasteiger charge is 2.32. The van der Waals surface area contributed by atoms with Crippen LogP contribution in [-0.4, -0.2) is 69.8 Å². The fourth-order valence-corrected chi connectivity index (χ4v) is 3.54. The van der Waals surface area contributed by atoms with Crippen molar-refractivity contribution in [2.75, 3.05) is 27.7 Å². The molecule has 3 amide bonds. The van der Waals surface area contributed by atoms with Gasteiger partial charge in [0.25, 0.3) is 5.91 Å². The zero-order valence-corrected chi connectivity index (χ0v) is 18.3. The maximum Gasteiger partial charge on any atom is 0.312 e. The number of benzene rings is 1. The number of rotatable bonds is 4. The zero-order valence-electron chi connectivity index (χ0n) is 18.3. The molecule has 32 heavy (non-hydrogen) atoms. The van der Waals surface area contributed by atoms with Crippen LogP contribution in [0.5, 0.6) is 5.75 Å². The van der Waals surface area contributed by atoms with Crippen LogP contribution in [0.2, 0.25) is 0 Å². The van der Waals surface area contributed by atoms with Crippen LogP contribution in [0.1, 0.15) is 34.6 Å². The Morgan fingerprint density at radius 3 is 2.31 bits per heavy atom. The normalized spacial score (nSPS) is 14.0. The minimum absolute atomic E-state index is 0.0911. The number of aromatic hydroxyl groups is 1. The number of carbonyl (C=O) groups is 3. The average Bonchev–Trinajstić information content (AvgIpc) is 2.77. The van der Waals surface area contributed by atoms with E-state index in [1.165, 1.54) is 48.9 Å². The van der Waals surface area contributed by atoms with Crippen LogP contribution in [0, 0.1) is 5.82 Å². The number of carbonyl (C=O) groups excluding carboxylic acids is 3. The summed E-state index contributed by atoms with van der Waals surface area (Å²) >= 11 is 0. The number of likely N-dealkylation sites (N-methyl/N-ethyl adjacent to an activating group) is 2. The predicted octanol–water partition coefficient (Wildman–Crippen LogP) is 0.957. The van der Waals surface area contributed by atoms with Crippen molar-refractivity contribution in [3.63, 3.8) is 0 Å². The molecule has 0 radical (unpaired) electrons. The fraction of sp³-hybridized carbons (Fsp3) is 0.364. The van der Waals surface area contributed by atoms with E-state index in [1.807, 2.05) is 0 Å². The lowest BCUT2D eigenvalue weighted by molar-refractivity contribution is -0.150. The van der Waals surface area contributed by atoms with Gasteiger partial charge in [-0.3, -0.25) is 19.2 Å². The summed E-state index contributed by atoms with van der Waals surface area (Å²) < 4.78 is 14.6. The lowest BCUT2D eigenvalue weighted by Crippen LogP contribution is -2.44. The van der Waals surface area contributed by atoms with Crippen LogP contribution < -0.4 is 5.43 Å². The van der Waals surface area contributed by atoms with E-state index < -0.39 is 34.9 Å². The van der Waals surface area contributed by atoms with Crippen LogP contribution in [0.3, 0.4) is 0 Å². The van der Waals surface area contributed by atoms with Crippen LogP contribution in [0.4, 0.5) is 4.39 Å². The smallest absolute Gasteiger partial charge is 0.312 e. The maximum absolute atomic E-state index is 13.1. The van der Waals surface area contributed by atoms with Gasteiger partial charge in [0, 0.05) is 52.5 Å². The number of aromatic nitrogens is 1. The Morgan fingerprint density at radius 2 is 1.72 bits per heavy atom. The fourth-order valence-electron chi connectivity index (χ4n) is 3.54. The van der Waals surface area contributed by atoms with Crippen LogP contribution in [0.15, 0.2) is 35.3 Å². The summed E-state index contributed by atoms with van der Waals surface area (Å²) in [7, 11) is 4.29. The van der Waals surface area contributed by atoms with Crippen molar-refractivity contribution < 1.29 is 23.9 Å². The van der Waals surface area contributed by atoms with Gasteiger partial charge >= 0.3 is 11.8 Å². The molecule has 1 aliphatic heterocycles. The highest BCUT2D eigenvalue weighted by Crippen LogP contribution is 2.25. The van der Waals surface area contributed by atoms with Gasteiger partial charge < -0.3 is 24.4 Å². The number of fused-ring (bicyclic) bond motifs is 1. The van der Waals surface area contributed by atoms with Gasteiger partial charge in [-0.15, -0.1) is 0 Å². The molecule has 0 saturated heterocycles. The summed E-state index contributed by atoms with van der Waals surface area (Å²) in [5, 5.41) is 10.6. The average molecular weight is 444 g/mol. The summed E-state index contributed by atoms with van der Waals surface area (Å²) in [6.07, 6.45) is 1.44. The molecular formula is C22H25FN4O5. The second-order valence-corrected chi connectivity index (χ2v) is 7.95. The van der Waals surface area contributed by atoms with Crippen LogP contribution in [0.25, 0.3) is 0 Å². The molecule has 170 valence electrons. The van der Waals surface area contributed by atoms with Crippen molar-refractivity contribution >= 4 is 17.7 Å². The highest BCUT2D eigenvalue weighted by atomic mass is 19.1. The van der Waals surface area contributed by atoms with E-state index in [1.54, 1.807) is 19.1 Å². The molecule has 2 aromatic rings. The molecule has 1 aliphatic rings. The van der Waals surface area contributed by atoms with Gasteiger partial charge in [0.1, 0.15) is 5.82 Å². The number of nitrogens with zero attached hydrogens (tertiary/aromatic N) is 4. The molecule has 0 saturated carbocycles. The quantitative estimate of drug-likeness (QED) is 0.708. The van der Waals surface area contributed by atoms with Gasteiger partial charge in [-0.2, -0.15) is 0 Å². The van der Waals surface area contributed by atoms with Crippen molar-refractivity contribution in [3.8, 4) is 5.75 Å². The van der Waals surface area contributed by atoms with Crippen LogP contribution >= 0.6 is 0 Å². The number of amides is 3. The molecule has 1 atom stereocenters. The molecule has 1 unspecified atom stereocenters. The number of halogens is 1. The molecule has 0 fully saturated rings. The SMILES string of the molecule is CC(c1cn2c(c(O)c1=O)C(=O)N(Cc1ccc(F)cc1)CC2)N(C)C(=O)C(=O)N(C)C. The Kier molecular flexibility index (Phi) is 6.33. The second-order valence-electron chi connectivity index (χ2n) is 7.95. The van der Waals surface area contributed by atoms with Crippen molar-refractivity contribution in [1.82, 2.24) is 19.3 Å². The third-order valence-electron chi connectivity index (χ3n) is 5.61. The Balaban J connectivity index is 1.90. The van der Waals surface area contributed by atoms with Gasteiger partial charge in [-0.05, 0) is 24.6 Å². The molecule has 1 aromatic heterocycles. The van der Waals surface area contributed by atoms with E-state index in [2.05, 4.69) is 0 Å². The molecule has 1 N–H and O–H groups in total. The Morgan fingerprint density at radius 1 is 1.09 bits per heavy atom. The topological polar surface area (TPSA) is 103 Å². The van der Waals surface area contributed by atoms with Crippen molar-refractivity contribution in [2.45, 2.75) is 26.1 Å². The Labute approximate surface area is 184 Å². The Bertz CT molecular complexity index is 1130. The minimum atomic E-state index is -0.810. The summed E-state index contributed by atoms with van der Waals surface area (Å²) in [4.78, 5) is 53.9. The second kappa shape index (κ2) is 8.81. The first-order valence-corrected chi connectivity index (χ1v) is 10.0. The molecule has 2 heterocycles. The minimum Gasteiger partial charge on any atom is -0.503 e. The summed E-state index contributed by atoms with van der Waals surface area (Å²) in [5.74, 6) is -3.16. The standard InChI is InChI=1S/C22H25FN4O5/c1-13(25(4)22(32)21(31)24(2)3)16-12-26-9-10-27(11-14-5-7-15(23)8-6-14)20(30)17(26)19(29)18(16)28/h5-8,12-13,29H,9-11H2,1-4H3. The highest BCUT2D eigenvalue weighted by molar-refractivity contribution is 6.34. The van der Waals surface area contributed by atoms with Crippen molar-refractivity contribution in [2.24, 2.45) is 0 Å². The van der Waals surface area contributed by atoms with E-state index in [-0.39, 0.29) is 23.6 Å². The monoisotopic (exact) mass is 444 g/mol. The van der Waals surface area contributed by atoms with Gasteiger partial charge in [0.05, 0.1) is 6.04 Å². The van der Waals surface area contributed by atoms with Gasteiger partial charge in [-0.1, -0.05) is 12.1 Å². The van der Waals surface area contributed by atoms with Crippen LogP contribution in [-0.2, 0) is 22.7 Å². The van der Waals surface area contributed by atoms with Gasteiger partial charge in [0.15, 0.2) is 11.4 Å². The van der Waals surface area contributed by atoms with Gasteiger partial charge in [0.2, 0.25) is 5.43 Å². The van der Waals surface area contributed by atoms with E-state index >= 15 is 0 Å². The first-order valence-electron chi connectivity index (χ1n) is 10.0. The summed E-state index contributed by atoms with van der Waals surface area (Å²) in [6, 6.07) is 4.92. The van der Waals surface area contributed by atoms with E-state index in [0.29, 0.717) is 18.7 Å². The summed E-state index contributed by atoms with van der Waals surface area (Å²) in [6.45, 7) is 2.39. The lowest BCUT2D eigenvalue weighted by Gasteiger charge is -2.32. The Hall–Kier alpha value is -3.69. The molecular weight excluding hydrogens is 419 g/mol. The van der Waals surface area contributed by atoms with E-state index in [4.69, 9.17) is 0 Å². The lowest BCUT2D eigenvalue weighted by atomic mass is 10.1. The molecule has 3 rings (SSSR count). The van der Waals surface area contributed by atoms with E-state index in [9.17, 15) is 28.7 Å². The maximum atomic E-state index is 13.1. The molecule has 0 aliphatic carbocycles. The van der Waals surface area contributed by atoms with E-state index in [0.717, 1.165) is 9.80 Å². The number of hydrogen-bond donors (Lipinski definition) is 1. The molecule has 10 heteroatoms. The first kappa shape index (κ1) is 23.0. The first-order chi connectivity index (χ1) is 15.0. The molecule has 1 aromatic carbocycles.